The van der Waals surface area contributed by atoms with Crippen LogP contribution in [0.5, 0.6) is 11.5 Å². The van der Waals surface area contributed by atoms with Crippen molar-refractivity contribution in [3.8, 4) is 17.6 Å². The van der Waals surface area contributed by atoms with Gasteiger partial charge in [-0.15, -0.1) is 0 Å². The van der Waals surface area contributed by atoms with Crippen LogP contribution in [-0.4, -0.2) is 30.2 Å². The number of aliphatic carboxylic acids is 1. The quantitative estimate of drug-likeness (QED) is 0.549. The Morgan fingerprint density at radius 1 is 1.15 bits per heavy atom. The number of nitriles is 1. The van der Waals surface area contributed by atoms with Gasteiger partial charge in [-0.3, -0.25) is 4.79 Å². The minimum atomic E-state index is -1.07. The van der Waals surface area contributed by atoms with Gasteiger partial charge in [-0.2, -0.15) is 5.26 Å². The van der Waals surface area contributed by atoms with Crippen molar-refractivity contribution < 1.29 is 24.2 Å². The second-order valence-corrected chi connectivity index (χ2v) is 5.34. The van der Waals surface area contributed by atoms with Gasteiger partial charge in [-0.05, 0) is 42.8 Å². The van der Waals surface area contributed by atoms with Gasteiger partial charge >= 0.3 is 5.97 Å². The predicted molar refractivity (Wildman–Crippen MR) is 99.4 cm³/mol. The summed E-state index contributed by atoms with van der Waals surface area (Å²) in [6, 6.07) is 15.1. The predicted octanol–water partition coefficient (Wildman–Crippen LogP) is 3.09. The SMILES string of the molecule is CCOc1cccc(NC(=O)/C(C#N)=C/c2ccc(OCC(=O)O)cc2)c1. The van der Waals surface area contributed by atoms with E-state index in [1.165, 1.54) is 6.08 Å². The van der Waals surface area contributed by atoms with Crippen LogP contribution < -0.4 is 14.8 Å². The number of carbonyl (C=O) groups excluding carboxylic acids is 1. The van der Waals surface area contributed by atoms with E-state index < -0.39 is 18.5 Å². The maximum atomic E-state index is 12.3. The molecule has 1 amide bonds. The Morgan fingerprint density at radius 3 is 2.52 bits per heavy atom. The van der Waals surface area contributed by atoms with Gasteiger partial charge in [0.15, 0.2) is 6.61 Å². The summed E-state index contributed by atoms with van der Waals surface area (Å²) in [4.78, 5) is 22.8. The van der Waals surface area contributed by atoms with Crippen LogP contribution in [0.25, 0.3) is 6.08 Å². The van der Waals surface area contributed by atoms with E-state index in [-0.39, 0.29) is 5.57 Å². The number of carbonyl (C=O) groups is 2. The van der Waals surface area contributed by atoms with Crippen LogP contribution in [0.15, 0.2) is 54.1 Å². The Kier molecular flexibility index (Phi) is 6.97. The fourth-order valence-corrected chi connectivity index (χ4v) is 2.15. The third kappa shape index (κ3) is 6.21. The largest absolute Gasteiger partial charge is 0.494 e. The van der Waals surface area contributed by atoms with Crippen molar-refractivity contribution in [1.29, 1.82) is 5.26 Å². The molecule has 0 aliphatic rings. The lowest BCUT2D eigenvalue weighted by molar-refractivity contribution is -0.139. The Bertz CT molecular complexity index is 882. The van der Waals surface area contributed by atoms with Gasteiger partial charge in [-0.1, -0.05) is 18.2 Å². The molecule has 0 fully saturated rings. The molecule has 2 aromatic rings. The van der Waals surface area contributed by atoms with Crippen LogP contribution in [0, 0.1) is 11.3 Å². The Morgan fingerprint density at radius 2 is 1.89 bits per heavy atom. The number of carboxylic acid groups (broad SMARTS) is 1. The molecule has 0 saturated carbocycles. The molecule has 2 rings (SSSR count). The average Bonchev–Trinajstić information content (AvgIpc) is 2.65. The summed E-state index contributed by atoms with van der Waals surface area (Å²) in [5.41, 5.74) is 1.05. The number of amides is 1. The number of benzene rings is 2. The molecule has 0 bridgehead atoms. The summed E-state index contributed by atoms with van der Waals surface area (Å²) in [5.74, 6) is -0.617. The van der Waals surface area contributed by atoms with Gasteiger partial charge in [0.05, 0.1) is 6.61 Å². The second kappa shape index (κ2) is 9.63. The number of nitrogens with zero attached hydrogens (tertiary/aromatic N) is 1. The number of rotatable bonds is 8. The minimum absolute atomic E-state index is 0.0731. The van der Waals surface area contributed by atoms with Gasteiger partial charge in [-0.25, -0.2) is 4.79 Å². The molecule has 0 radical (unpaired) electrons. The highest BCUT2D eigenvalue weighted by atomic mass is 16.5. The van der Waals surface area contributed by atoms with Crippen LogP contribution in [0.4, 0.5) is 5.69 Å². The van der Waals surface area contributed by atoms with Gasteiger partial charge in [0.25, 0.3) is 5.91 Å². The number of carboxylic acids is 1. The van der Waals surface area contributed by atoms with Crippen LogP contribution in [0.2, 0.25) is 0 Å². The topological polar surface area (TPSA) is 109 Å². The first-order valence-electron chi connectivity index (χ1n) is 8.12. The molecule has 0 spiro atoms. The maximum Gasteiger partial charge on any atom is 0.341 e. The van der Waals surface area contributed by atoms with Crippen LogP contribution in [-0.2, 0) is 9.59 Å². The molecule has 7 nitrogen and oxygen atoms in total. The fourth-order valence-electron chi connectivity index (χ4n) is 2.15. The third-order valence-corrected chi connectivity index (χ3v) is 3.32. The first-order valence-corrected chi connectivity index (χ1v) is 8.12. The van der Waals surface area contributed by atoms with Crippen molar-refractivity contribution in [3.63, 3.8) is 0 Å². The number of anilines is 1. The summed E-state index contributed by atoms with van der Waals surface area (Å²) in [6.07, 6.45) is 1.43. The van der Waals surface area contributed by atoms with Crippen molar-refractivity contribution in [1.82, 2.24) is 0 Å². The molecular weight excluding hydrogens is 348 g/mol. The smallest absolute Gasteiger partial charge is 0.341 e. The molecule has 0 aromatic heterocycles. The highest BCUT2D eigenvalue weighted by Gasteiger charge is 2.10. The molecular formula is C20H18N2O5. The molecule has 0 aliphatic heterocycles. The summed E-state index contributed by atoms with van der Waals surface area (Å²) in [6.45, 7) is 1.93. The van der Waals surface area contributed by atoms with Gasteiger partial charge in [0, 0.05) is 11.8 Å². The van der Waals surface area contributed by atoms with Crippen molar-refractivity contribution >= 4 is 23.6 Å². The molecule has 2 aromatic carbocycles. The molecule has 0 aliphatic carbocycles. The van der Waals surface area contributed by atoms with E-state index in [9.17, 15) is 14.9 Å². The van der Waals surface area contributed by atoms with E-state index >= 15 is 0 Å². The Labute approximate surface area is 156 Å². The maximum absolute atomic E-state index is 12.3. The number of nitrogens with one attached hydrogen (secondary N) is 1. The highest BCUT2D eigenvalue weighted by Crippen LogP contribution is 2.19. The second-order valence-electron chi connectivity index (χ2n) is 5.34. The van der Waals surface area contributed by atoms with Crippen molar-refractivity contribution in [3.05, 3.63) is 59.7 Å². The van der Waals surface area contributed by atoms with E-state index in [0.717, 1.165) is 0 Å². The van der Waals surface area contributed by atoms with Crippen LogP contribution in [0.1, 0.15) is 12.5 Å². The van der Waals surface area contributed by atoms with Crippen LogP contribution in [0.3, 0.4) is 0 Å². The average molecular weight is 366 g/mol. The molecule has 27 heavy (non-hydrogen) atoms. The Balaban J connectivity index is 2.08. The summed E-state index contributed by atoms with van der Waals surface area (Å²) in [5, 5.41) is 20.5. The Hall–Kier alpha value is -3.79. The lowest BCUT2D eigenvalue weighted by Gasteiger charge is -2.07. The van der Waals surface area contributed by atoms with Crippen molar-refractivity contribution in [2.45, 2.75) is 6.92 Å². The first kappa shape index (κ1) is 19.5. The van der Waals surface area contributed by atoms with Gasteiger partial charge in [0.1, 0.15) is 23.1 Å². The zero-order chi connectivity index (χ0) is 19.6. The van der Waals surface area contributed by atoms with E-state index in [1.54, 1.807) is 48.5 Å². The molecule has 2 N–H and O–H groups in total. The van der Waals surface area contributed by atoms with Crippen molar-refractivity contribution in [2.75, 3.05) is 18.5 Å². The van der Waals surface area contributed by atoms with Crippen LogP contribution >= 0.6 is 0 Å². The number of hydrogen-bond donors (Lipinski definition) is 2. The molecule has 0 unspecified atom stereocenters. The standard InChI is InChI=1S/C20H18N2O5/c1-2-26-18-5-3-4-16(11-18)22-20(25)15(12-21)10-14-6-8-17(9-7-14)27-13-19(23)24/h3-11H,2,13H2,1H3,(H,22,25)(H,23,24)/b15-10+. The number of ether oxygens (including phenoxy) is 2. The molecule has 0 atom stereocenters. The summed E-state index contributed by atoms with van der Waals surface area (Å²) >= 11 is 0. The molecule has 7 heteroatoms. The number of hydrogen-bond acceptors (Lipinski definition) is 5. The van der Waals surface area contributed by atoms with E-state index in [2.05, 4.69) is 5.32 Å². The van der Waals surface area contributed by atoms with Gasteiger partial charge in [0.2, 0.25) is 0 Å². The first-order chi connectivity index (χ1) is 13.0. The summed E-state index contributed by atoms with van der Waals surface area (Å²) < 4.78 is 10.4. The monoisotopic (exact) mass is 366 g/mol. The zero-order valence-corrected chi connectivity index (χ0v) is 14.6. The van der Waals surface area contributed by atoms with Crippen molar-refractivity contribution in [2.24, 2.45) is 0 Å². The summed E-state index contributed by atoms with van der Waals surface area (Å²) in [7, 11) is 0. The lowest BCUT2D eigenvalue weighted by atomic mass is 10.1. The fraction of sp³-hybridized carbons (Fsp3) is 0.150. The zero-order valence-electron chi connectivity index (χ0n) is 14.6. The highest BCUT2D eigenvalue weighted by molar-refractivity contribution is 6.09. The lowest BCUT2D eigenvalue weighted by Crippen LogP contribution is -2.13. The van der Waals surface area contributed by atoms with Gasteiger partial charge < -0.3 is 19.9 Å². The van der Waals surface area contributed by atoms with E-state index in [4.69, 9.17) is 14.6 Å². The molecule has 0 saturated heterocycles. The normalized spacial score (nSPS) is 10.6. The molecule has 138 valence electrons. The minimum Gasteiger partial charge on any atom is -0.494 e. The third-order valence-electron chi connectivity index (χ3n) is 3.32. The van der Waals surface area contributed by atoms with E-state index in [1.807, 2.05) is 13.0 Å². The molecule has 0 heterocycles. The van der Waals surface area contributed by atoms with E-state index in [0.29, 0.717) is 29.4 Å².